The van der Waals surface area contributed by atoms with Crippen LogP contribution in [0.4, 0.5) is 5.82 Å². The van der Waals surface area contributed by atoms with Gasteiger partial charge in [-0.2, -0.15) is 0 Å². The molecule has 27 heavy (non-hydrogen) atoms. The lowest BCUT2D eigenvalue weighted by Crippen LogP contribution is -2.07. The summed E-state index contributed by atoms with van der Waals surface area (Å²) in [6, 6.07) is 13.7. The first kappa shape index (κ1) is 17.3. The fourth-order valence-electron chi connectivity index (χ4n) is 2.96. The molecule has 1 aromatic carbocycles. The number of fused-ring (bicyclic) bond motifs is 1. The molecule has 1 N–H and O–H groups in total. The summed E-state index contributed by atoms with van der Waals surface area (Å²) >= 11 is 0. The molecular weight excluding hydrogens is 340 g/mol. The SMILES string of the molecule is CCc1cc(NCc2cccc3c2OCCCO3)nc(-c2ccccn2)n1. The number of para-hydroxylation sites is 1. The summed E-state index contributed by atoms with van der Waals surface area (Å²) in [7, 11) is 0. The molecule has 3 aromatic rings. The van der Waals surface area contributed by atoms with E-state index in [2.05, 4.69) is 27.2 Å². The first-order chi connectivity index (χ1) is 13.3. The van der Waals surface area contributed by atoms with E-state index in [4.69, 9.17) is 9.47 Å². The number of aromatic nitrogens is 3. The van der Waals surface area contributed by atoms with Crippen molar-refractivity contribution in [1.82, 2.24) is 15.0 Å². The van der Waals surface area contributed by atoms with Crippen LogP contribution in [0, 0.1) is 0 Å². The summed E-state index contributed by atoms with van der Waals surface area (Å²) < 4.78 is 11.7. The molecule has 0 saturated heterocycles. The van der Waals surface area contributed by atoms with E-state index in [9.17, 15) is 0 Å². The predicted octanol–water partition coefficient (Wildman–Crippen LogP) is 3.87. The minimum absolute atomic E-state index is 0.592. The van der Waals surface area contributed by atoms with Crippen LogP contribution in [0.15, 0.2) is 48.7 Å². The van der Waals surface area contributed by atoms with E-state index in [0.29, 0.717) is 25.6 Å². The van der Waals surface area contributed by atoms with Gasteiger partial charge in [0.25, 0.3) is 0 Å². The van der Waals surface area contributed by atoms with Crippen molar-refractivity contribution in [3.05, 3.63) is 59.9 Å². The lowest BCUT2D eigenvalue weighted by molar-refractivity contribution is 0.296. The van der Waals surface area contributed by atoms with Crippen LogP contribution in [-0.4, -0.2) is 28.2 Å². The van der Waals surface area contributed by atoms with E-state index < -0.39 is 0 Å². The largest absolute Gasteiger partial charge is 0.490 e. The molecule has 1 aliphatic rings. The van der Waals surface area contributed by atoms with Gasteiger partial charge in [0.15, 0.2) is 17.3 Å². The first-order valence-electron chi connectivity index (χ1n) is 9.24. The summed E-state index contributed by atoms with van der Waals surface area (Å²) in [5.74, 6) is 3.02. The van der Waals surface area contributed by atoms with Gasteiger partial charge in [-0.05, 0) is 24.6 Å². The van der Waals surface area contributed by atoms with Gasteiger partial charge in [0.1, 0.15) is 11.5 Å². The zero-order valence-electron chi connectivity index (χ0n) is 15.3. The van der Waals surface area contributed by atoms with Gasteiger partial charge in [0.05, 0.1) is 13.2 Å². The number of benzene rings is 1. The minimum atomic E-state index is 0.592. The third-order valence-electron chi connectivity index (χ3n) is 4.35. The first-order valence-corrected chi connectivity index (χ1v) is 9.24. The quantitative estimate of drug-likeness (QED) is 0.743. The van der Waals surface area contributed by atoms with Crippen molar-refractivity contribution in [2.45, 2.75) is 26.3 Å². The van der Waals surface area contributed by atoms with Crippen LogP contribution in [0.2, 0.25) is 0 Å². The second kappa shape index (κ2) is 8.03. The Bertz CT molecular complexity index is 915. The topological polar surface area (TPSA) is 69.2 Å². The fraction of sp³-hybridized carbons (Fsp3) is 0.286. The summed E-state index contributed by atoms with van der Waals surface area (Å²) in [5, 5.41) is 3.40. The highest BCUT2D eigenvalue weighted by Crippen LogP contribution is 2.33. The number of aryl methyl sites for hydroxylation is 1. The Morgan fingerprint density at radius 2 is 1.96 bits per heavy atom. The maximum Gasteiger partial charge on any atom is 0.180 e. The van der Waals surface area contributed by atoms with Gasteiger partial charge >= 0.3 is 0 Å². The zero-order chi connectivity index (χ0) is 18.5. The Kier molecular flexibility index (Phi) is 5.14. The highest BCUT2D eigenvalue weighted by Gasteiger charge is 2.15. The number of nitrogens with zero attached hydrogens (tertiary/aromatic N) is 3. The predicted molar refractivity (Wildman–Crippen MR) is 104 cm³/mol. The third-order valence-corrected chi connectivity index (χ3v) is 4.35. The third kappa shape index (κ3) is 4.00. The van der Waals surface area contributed by atoms with Gasteiger partial charge in [0.2, 0.25) is 0 Å². The van der Waals surface area contributed by atoms with E-state index in [1.54, 1.807) is 6.20 Å². The molecule has 0 aliphatic carbocycles. The van der Waals surface area contributed by atoms with Crippen LogP contribution in [0.1, 0.15) is 24.6 Å². The Morgan fingerprint density at radius 1 is 1.04 bits per heavy atom. The van der Waals surface area contributed by atoms with Crippen LogP contribution < -0.4 is 14.8 Å². The smallest absolute Gasteiger partial charge is 0.180 e. The van der Waals surface area contributed by atoms with Crippen LogP contribution in [-0.2, 0) is 13.0 Å². The minimum Gasteiger partial charge on any atom is -0.490 e. The molecule has 6 heteroatoms. The Hall–Kier alpha value is -3.15. The number of nitrogens with one attached hydrogen (secondary N) is 1. The second-order valence-corrected chi connectivity index (χ2v) is 6.29. The van der Waals surface area contributed by atoms with Crippen molar-refractivity contribution in [3.63, 3.8) is 0 Å². The van der Waals surface area contributed by atoms with Crippen molar-refractivity contribution in [3.8, 4) is 23.0 Å². The highest BCUT2D eigenvalue weighted by atomic mass is 16.5. The van der Waals surface area contributed by atoms with Crippen LogP contribution >= 0.6 is 0 Å². The fourth-order valence-corrected chi connectivity index (χ4v) is 2.96. The maximum absolute atomic E-state index is 5.90. The van der Waals surface area contributed by atoms with Crippen molar-refractivity contribution in [1.29, 1.82) is 0 Å². The number of anilines is 1. The Morgan fingerprint density at radius 3 is 2.81 bits per heavy atom. The molecule has 138 valence electrons. The van der Waals surface area contributed by atoms with Crippen molar-refractivity contribution in [2.24, 2.45) is 0 Å². The molecule has 0 fully saturated rings. The lowest BCUT2D eigenvalue weighted by Gasteiger charge is -2.14. The van der Waals surface area contributed by atoms with Gasteiger partial charge in [-0.25, -0.2) is 9.97 Å². The maximum atomic E-state index is 5.90. The van der Waals surface area contributed by atoms with Gasteiger partial charge in [-0.3, -0.25) is 4.98 Å². The molecule has 0 atom stereocenters. The number of rotatable bonds is 5. The molecule has 0 spiro atoms. The Balaban J connectivity index is 1.58. The number of hydrogen-bond acceptors (Lipinski definition) is 6. The van der Waals surface area contributed by atoms with Crippen LogP contribution in [0.5, 0.6) is 11.5 Å². The molecule has 0 saturated carbocycles. The average Bonchev–Trinajstić information content (AvgIpc) is 2.98. The van der Waals surface area contributed by atoms with E-state index in [1.807, 2.05) is 42.5 Å². The summed E-state index contributed by atoms with van der Waals surface area (Å²) in [5.41, 5.74) is 2.78. The van der Waals surface area contributed by atoms with Crippen LogP contribution in [0.25, 0.3) is 11.5 Å². The molecule has 0 radical (unpaired) electrons. The molecular formula is C21H22N4O2. The van der Waals surface area contributed by atoms with Crippen molar-refractivity contribution in [2.75, 3.05) is 18.5 Å². The summed E-state index contributed by atoms with van der Waals surface area (Å²) in [4.78, 5) is 13.6. The monoisotopic (exact) mass is 362 g/mol. The Labute approximate surface area is 158 Å². The highest BCUT2D eigenvalue weighted by molar-refractivity contribution is 5.54. The molecule has 1 aliphatic heterocycles. The molecule has 0 unspecified atom stereocenters. The molecule has 0 bridgehead atoms. The van der Waals surface area contributed by atoms with Crippen LogP contribution in [0.3, 0.4) is 0 Å². The van der Waals surface area contributed by atoms with Gasteiger partial charge in [-0.15, -0.1) is 0 Å². The number of hydrogen-bond donors (Lipinski definition) is 1. The summed E-state index contributed by atoms with van der Waals surface area (Å²) in [6.07, 6.45) is 3.47. The molecule has 2 aromatic heterocycles. The van der Waals surface area contributed by atoms with Crippen molar-refractivity contribution < 1.29 is 9.47 Å². The van der Waals surface area contributed by atoms with Crippen molar-refractivity contribution >= 4 is 5.82 Å². The van der Waals surface area contributed by atoms with Gasteiger partial charge in [-0.1, -0.05) is 25.1 Å². The number of ether oxygens (including phenoxy) is 2. The second-order valence-electron chi connectivity index (χ2n) is 6.29. The average molecular weight is 362 g/mol. The molecule has 0 amide bonds. The molecule has 6 nitrogen and oxygen atoms in total. The molecule has 4 rings (SSSR count). The molecule has 3 heterocycles. The summed E-state index contributed by atoms with van der Waals surface area (Å²) in [6.45, 7) is 4.02. The normalized spacial score (nSPS) is 13.1. The van der Waals surface area contributed by atoms with E-state index in [-0.39, 0.29) is 0 Å². The zero-order valence-corrected chi connectivity index (χ0v) is 15.3. The number of pyridine rings is 1. The van der Waals surface area contributed by atoms with E-state index in [1.165, 1.54) is 0 Å². The van der Waals surface area contributed by atoms with E-state index in [0.717, 1.165) is 47.1 Å². The van der Waals surface area contributed by atoms with E-state index >= 15 is 0 Å². The van der Waals surface area contributed by atoms with Gasteiger partial charge in [0, 0.05) is 36.5 Å². The lowest BCUT2D eigenvalue weighted by atomic mass is 10.2. The van der Waals surface area contributed by atoms with Gasteiger partial charge < -0.3 is 14.8 Å². The standard InChI is InChI=1S/C21H22N4O2/c1-2-16-13-19(25-21(24-16)17-8-3-4-10-22-17)23-14-15-7-5-9-18-20(15)27-12-6-11-26-18/h3-5,7-10,13H,2,6,11-12,14H2,1H3,(H,23,24,25).